The van der Waals surface area contributed by atoms with Crippen molar-refractivity contribution >= 4 is 41.1 Å². The van der Waals surface area contributed by atoms with Crippen molar-refractivity contribution in [2.24, 2.45) is 11.8 Å². The van der Waals surface area contributed by atoms with Gasteiger partial charge in [-0.25, -0.2) is 0 Å². The van der Waals surface area contributed by atoms with E-state index in [1.807, 2.05) is 21.6 Å². The third-order valence-electron chi connectivity index (χ3n) is 4.88. The van der Waals surface area contributed by atoms with Gasteiger partial charge < -0.3 is 8.85 Å². The van der Waals surface area contributed by atoms with E-state index in [0.717, 1.165) is 25.0 Å². The Morgan fingerprint density at radius 3 is 1.38 bits per heavy atom. The molecule has 0 aliphatic rings. The van der Waals surface area contributed by atoms with Crippen molar-refractivity contribution in [3.63, 3.8) is 0 Å². The monoisotopic (exact) mass is 438 g/mol. The summed E-state index contributed by atoms with van der Waals surface area (Å²) in [6.07, 6.45) is 10.5. The molecule has 0 aliphatic carbocycles. The smallest absolute Gasteiger partial charge is 0.174 e. The summed E-state index contributed by atoms with van der Waals surface area (Å²) in [5, 5.41) is 0. The van der Waals surface area contributed by atoms with Crippen LogP contribution in [0, 0.1) is 11.8 Å². The lowest BCUT2D eigenvalue weighted by Crippen LogP contribution is -2.19. The zero-order valence-electron chi connectivity index (χ0n) is 18.4. The van der Waals surface area contributed by atoms with Crippen LogP contribution in [0.15, 0.2) is 0 Å². The summed E-state index contributed by atoms with van der Waals surface area (Å²) in [5.41, 5.74) is 0. The van der Waals surface area contributed by atoms with Crippen LogP contribution in [0.2, 0.25) is 0 Å². The van der Waals surface area contributed by atoms with Crippen LogP contribution in [0.25, 0.3) is 0 Å². The largest absolute Gasteiger partial charge is 0.423 e. The topological polar surface area (TPSA) is 18.5 Å². The van der Waals surface area contributed by atoms with Gasteiger partial charge in [-0.2, -0.15) is 0 Å². The maximum atomic E-state index is 6.13. The molecule has 0 aromatic heterocycles. The van der Waals surface area contributed by atoms with Gasteiger partial charge in [-0.1, -0.05) is 102 Å². The van der Waals surface area contributed by atoms with E-state index >= 15 is 0 Å². The summed E-state index contributed by atoms with van der Waals surface area (Å²) in [5.74, 6) is 1.57. The quantitative estimate of drug-likeness (QED) is 0.190. The van der Waals surface area contributed by atoms with Crippen molar-refractivity contribution in [3.8, 4) is 0 Å². The first-order valence-corrected chi connectivity index (χ1v) is 16.1. The van der Waals surface area contributed by atoms with Gasteiger partial charge in [-0.05, 0) is 24.7 Å². The van der Waals surface area contributed by atoms with Gasteiger partial charge >= 0.3 is 0 Å². The first-order valence-electron chi connectivity index (χ1n) is 11.0. The van der Waals surface area contributed by atoms with Crippen LogP contribution < -0.4 is 0 Å². The van der Waals surface area contributed by atoms with E-state index in [1.165, 1.54) is 51.4 Å². The Labute approximate surface area is 177 Å². The lowest BCUT2D eigenvalue weighted by Gasteiger charge is -2.19. The molecule has 2 nitrogen and oxygen atoms in total. The Balaban J connectivity index is 3.72. The van der Waals surface area contributed by atoms with Crippen molar-refractivity contribution in [3.05, 3.63) is 0 Å². The molecule has 0 saturated heterocycles. The second kappa shape index (κ2) is 19.4. The first-order chi connectivity index (χ1) is 12.6. The maximum absolute atomic E-state index is 6.13. The van der Waals surface area contributed by atoms with Crippen LogP contribution in [0.1, 0.15) is 92.9 Å². The molecular formula is C20H46O2S2Si2. The fourth-order valence-corrected chi connectivity index (χ4v) is 9.40. The third kappa shape index (κ3) is 16.0. The van der Waals surface area contributed by atoms with Crippen molar-refractivity contribution in [2.75, 3.05) is 13.2 Å². The average molecular weight is 439 g/mol. The predicted octanol–water partition coefficient (Wildman–Crippen LogP) is 5.69. The highest BCUT2D eigenvalue weighted by atomic mass is 33.1. The second-order valence-corrected chi connectivity index (χ2v) is 16.0. The van der Waals surface area contributed by atoms with Gasteiger partial charge in [-0.15, -0.1) is 0 Å². The molecular weight excluding hydrogens is 393 g/mol. The fraction of sp³-hybridized carbons (Fsp3) is 1.00. The lowest BCUT2D eigenvalue weighted by molar-refractivity contribution is 0.242. The molecule has 0 saturated carbocycles. The molecule has 0 bridgehead atoms. The van der Waals surface area contributed by atoms with E-state index < -0.39 is 19.5 Å². The van der Waals surface area contributed by atoms with E-state index in [4.69, 9.17) is 8.85 Å². The minimum absolute atomic E-state index is 0.411. The number of rotatable bonds is 19. The number of hydrogen-bond acceptors (Lipinski definition) is 4. The zero-order valence-corrected chi connectivity index (χ0v) is 22.9. The molecule has 0 N–H and O–H groups in total. The molecule has 4 atom stereocenters. The number of hydrogen-bond donors (Lipinski definition) is 0. The molecule has 0 heterocycles. The van der Waals surface area contributed by atoms with Crippen molar-refractivity contribution < 1.29 is 8.85 Å². The third-order valence-corrected chi connectivity index (χ3v) is 13.1. The summed E-state index contributed by atoms with van der Waals surface area (Å²) in [7, 11) is 3.27. The molecule has 0 spiro atoms. The molecule has 0 radical (unpaired) electrons. The van der Waals surface area contributed by atoms with Gasteiger partial charge in [0.1, 0.15) is 0 Å². The van der Waals surface area contributed by atoms with Gasteiger partial charge in [0.15, 0.2) is 19.5 Å². The molecule has 4 unspecified atom stereocenters. The van der Waals surface area contributed by atoms with Crippen LogP contribution in [0.5, 0.6) is 0 Å². The van der Waals surface area contributed by atoms with Gasteiger partial charge in [-0.3, -0.25) is 0 Å². The van der Waals surface area contributed by atoms with Crippen LogP contribution in [0.4, 0.5) is 0 Å². The summed E-state index contributed by atoms with van der Waals surface area (Å²) >= 11 is 0. The van der Waals surface area contributed by atoms with Crippen LogP contribution in [-0.4, -0.2) is 42.5 Å². The molecule has 0 amide bonds. The fourth-order valence-electron chi connectivity index (χ4n) is 2.84. The van der Waals surface area contributed by atoms with E-state index in [-0.39, 0.29) is 0 Å². The van der Waals surface area contributed by atoms with Crippen molar-refractivity contribution in [1.29, 1.82) is 0 Å². The van der Waals surface area contributed by atoms with Gasteiger partial charge in [0.2, 0.25) is 0 Å². The number of unbranched alkanes of at least 4 members (excludes halogenated alkanes) is 2. The summed E-state index contributed by atoms with van der Waals surface area (Å²) < 4.78 is 12.3. The molecule has 0 aliphatic heterocycles. The highest BCUT2D eigenvalue weighted by Crippen LogP contribution is 2.30. The Hall–Kier alpha value is 1.05. The van der Waals surface area contributed by atoms with E-state index in [0.29, 0.717) is 9.75 Å². The highest BCUT2D eigenvalue weighted by molar-refractivity contribution is 8.77. The van der Waals surface area contributed by atoms with E-state index in [2.05, 4.69) is 41.5 Å². The first kappa shape index (κ1) is 27.1. The molecule has 0 rings (SSSR count). The Morgan fingerprint density at radius 1 is 0.692 bits per heavy atom. The maximum Gasteiger partial charge on any atom is 0.174 e. The minimum Gasteiger partial charge on any atom is -0.423 e. The van der Waals surface area contributed by atoms with E-state index in [9.17, 15) is 0 Å². The zero-order chi connectivity index (χ0) is 19.6. The summed E-state index contributed by atoms with van der Waals surface area (Å²) in [6.45, 7) is 15.9. The standard InChI is InChI=1S/C20H46O2S2Si2/c1-7-11-13-19(9-3)15-21-25-17(5)23-24-18(6)26-22-16-20(10-4)14-12-8-2/h17-20H,7-16,25-26H2,1-6H3. The molecule has 26 heavy (non-hydrogen) atoms. The molecule has 0 fully saturated rings. The van der Waals surface area contributed by atoms with Crippen LogP contribution in [0.3, 0.4) is 0 Å². The second-order valence-electron chi connectivity index (χ2n) is 7.72. The summed E-state index contributed by atoms with van der Waals surface area (Å²) in [6, 6.07) is 0. The Bertz CT molecular complexity index is 271. The van der Waals surface area contributed by atoms with Crippen LogP contribution in [-0.2, 0) is 8.85 Å². The average Bonchev–Trinajstić information content (AvgIpc) is 2.65. The lowest BCUT2D eigenvalue weighted by atomic mass is 10.0. The Kier molecular flexibility index (Phi) is 20.2. The normalized spacial score (nSPS) is 17.3. The molecule has 158 valence electrons. The van der Waals surface area contributed by atoms with Crippen molar-refractivity contribution in [1.82, 2.24) is 0 Å². The van der Waals surface area contributed by atoms with Gasteiger partial charge in [0, 0.05) is 23.0 Å². The van der Waals surface area contributed by atoms with Crippen molar-refractivity contribution in [2.45, 2.75) is 103 Å². The van der Waals surface area contributed by atoms with E-state index in [1.54, 1.807) is 0 Å². The highest BCUT2D eigenvalue weighted by Gasteiger charge is 2.13. The molecule has 0 aromatic rings. The Morgan fingerprint density at radius 2 is 1.08 bits per heavy atom. The van der Waals surface area contributed by atoms with Crippen LogP contribution >= 0.6 is 21.6 Å². The SMILES string of the molecule is CCCCC(CC)CO[SiH2]C(C)SSC(C)[SiH2]OCC(CC)CCCC. The van der Waals surface area contributed by atoms with Gasteiger partial charge in [0.25, 0.3) is 0 Å². The summed E-state index contributed by atoms with van der Waals surface area (Å²) in [4.78, 5) is 1.40. The molecule has 6 heteroatoms. The molecule has 0 aromatic carbocycles. The minimum atomic E-state index is -0.411. The van der Waals surface area contributed by atoms with Gasteiger partial charge in [0.05, 0.1) is 0 Å². The predicted molar refractivity (Wildman–Crippen MR) is 130 cm³/mol.